The highest BCUT2D eigenvalue weighted by Crippen LogP contribution is 2.40. The van der Waals surface area contributed by atoms with Gasteiger partial charge in [-0.3, -0.25) is 9.59 Å². The minimum atomic E-state index is -0.731. The Morgan fingerprint density at radius 1 is 1.03 bits per heavy atom. The fourth-order valence-electron chi connectivity index (χ4n) is 4.02. The predicted molar refractivity (Wildman–Crippen MR) is 122 cm³/mol. The molecule has 1 amide bonds. The average Bonchev–Trinajstić information content (AvgIpc) is 3.46. The van der Waals surface area contributed by atoms with Crippen molar-refractivity contribution in [1.29, 1.82) is 0 Å². The number of benzene rings is 2. The van der Waals surface area contributed by atoms with Crippen LogP contribution in [0, 0.1) is 0 Å². The summed E-state index contributed by atoms with van der Waals surface area (Å²) in [5.41, 5.74) is 1.17. The van der Waals surface area contributed by atoms with Crippen LogP contribution in [0.2, 0.25) is 0 Å². The Balaban J connectivity index is 1.74. The third-order valence-corrected chi connectivity index (χ3v) is 5.69. The Kier molecular flexibility index (Phi) is 6.44. The molecule has 8 heteroatoms. The van der Waals surface area contributed by atoms with E-state index in [2.05, 4.69) is 4.98 Å². The molecule has 0 bridgehead atoms. The highest BCUT2D eigenvalue weighted by molar-refractivity contribution is 6.46. The normalized spacial score (nSPS) is 17.4. The van der Waals surface area contributed by atoms with Gasteiger partial charge in [-0.2, -0.15) is 0 Å². The highest BCUT2D eigenvalue weighted by atomic mass is 16.5. The highest BCUT2D eigenvalue weighted by Gasteiger charge is 2.45. The van der Waals surface area contributed by atoms with Gasteiger partial charge in [0, 0.05) is 31.0 Å². The number of imidazole rings is 1. The summed E-state index contributed by atoms with van der Waals surface area (Å²) in [5, 5.41) is 11.1. The van der Waals surface area contributed by atoms with Crippen LogP contribution < -0.4 is 9.47 Å². The molecule has 2 heterocycles. The number of carbonyl (C=O) groups excluding carboxylic acids is 2. The van der Waals surface area contributed by atoms with Crippen molar-refractivity contribution in [3.8, 4) is 11.5 Å². The van der Waals surface area contributed by atoms with E-state index in [9.17, 15) is 14.7 Å². The summed E-state index contributed by atoms with van der Waals surface area (Å²) in [6, 6.07) is 13.2. The molecule has 0 saturated carbocycles. The molecule has 0 aliphatic carbocycles. The molecular formula is C25H25N3O5. The van der Waals surface area contributed by atoms with E-state index in [1.807, 2.05) is 16.8 Å². The zero-order valence-electron chi connectivity index (χ0n) is 18.5. The number of carbonyl (C=O) groups is 2. The molecule has 1 atom stereocenters. The Morgan fingerprint density at radius 3 is 2.45 bits per heavy atom. The Morgan fingerprint density at radius 2 is 1.79 bits per heavy atom. The zero-order valence-corrected chi connectivity index (χ0v) is 18.5. The fourth-order valence-corrected chi connectivity index (χ4v) is 4.02. The molecule has 3 aromatic rings. The first-order chi connectivity index (χ1) is 16.0. The molecule has 0 unspecified atom stereocenters. The van der Waals surface area contributed by atoms with Crippen LogP contribution in [0.15, 0.2) is 72.8 Å². The molecule has 4 rings (SSSR count). The summed E-state index contributed by atoms with van der Waals surface area (Å²) < 4.78 is 12.4. The van der Waals surface area contributed by atoms with Gasteiger partial charge in [0.05, 0.1) is 32.2 Å². The standard InChI is InChI=1S/C25H25N3O5/c1-32-19-9-7-17(8-10-19)23(29)21-22(18-5-3-6-20(15-18)33-2)28(25(31)24(21)30)13-4-12-27-14-11-26-16-27/h3,5-11,14-16,22,29H,4,12-13H2,1-2H3/t22-/m1/s1. The number of rotatable bonds is 8. The van der Waals surface area contributed by atoms with Gasteiger partial charge in [0.2, 0.25) is 0 Å². The maximum Gasteiger partial charge on any atom is 0.295 e. The molecule has 0 radical (unpaired) electrons. The van der Waals surface area contributed by atoms with E-state index in [1.165, 1.54) is 4.90 Å². The van der Waals surface area contributed by atoms with Crippen molar-refractivity contribution < 1.29 is 24.2 Å². The Labute approximate surface area is 191 Å². The molecule has 8 nitrogen and oxygen atoms in total. The first-order valence-electron chi connectivity index (χ1n) is 10.6. The van der Waals surface area contributed by atoms with Crippen molar-refractivity contribution >= 4 is 17.4 Å². The van der Waals surface area contributed by atoms with Crippen molar-refractivity contribution in [2.45, 2.75) is 19.0 Å². The molecule has 1 fully saturated rings. The number of ketones is 1. The van der Waals surface area contributed by atoms with E-state index in [1.54, 1.807) is 69.2 Å². The van der Waals surface area contributed by atoms with Crippen molar-refractivity contribution in [1.82, 2.24) is 14.5 Å². The lowest BCUT2D eigenvalue weighted by atomic mass is 9.95. The van der Waals surface area contributed by atoms with Crippen LogP contribution in [-0.2, 0) is 16.1 Å². The Bertz CT molecular complexity index is 1170. The second-order valence-electron chi connectivity index (χ2n) is 7.65. The van der Waals surface area contributed by atoms with E-state index < -0.39 is 17.7 Å². The SMILES string of the molecule is COc1ccc(C(O)=C2C(=O)C(=O)N(CCCn3ccnc3)[C@@H]2c2cccc(OC)c2)cc1. The maximum atomic E-state index is 13.1. The number of hydrogen-bond acceptors (Lipinski definition) is 6. The minimum absolute atomic E-state index is 0.0565. The molecule has 1 saturated heterocycles. The number of Topliss-reactive ketones (excluding diaryl/α,β-unsaturated/α-hetero) is 1. The smallest absolute Gasteiger partial charge is 0.295 e. The second-order valence-corrected chi connectivity index (χ2v) is 7.65. The van der Waals surface area contributed by atoms with Gasteiger partial charge >= 0.3 is 0 Å². The summed E-state index contributed by atoms with van der Waals surface area (Å²) in [5.74, 6) is -0.347. The largest absolute Gasteiger partial charge is 0.507 e. The summed E-state index contributed by atoms with van der Waals surface area (Å²) in [4.78, 5) is 31.7. The summed E-state index contributed by atoms with van der Waals surface area (Å²) >= 11 is 0. The molecular weight excluding hydrogens is 422 g/mol. The van der Waals surface area contributed by atoms with E-state index in [4.69, 9.17) is 9.47 Å². The van der Waals surface area contributed by atoms with Crippen LogP contribution in [-0.4, -0.2) is 52.0 Å². The number of ether oxygens (including phenoxy) is 2. The lowest BCUT2D eigenvalue weighted by Crippen LogP contribution is -2.31. The topological polar surface area (TPSA) is 93.9 Å². The van der Waals surface area contributed by atoms with E-state index in [0.29, 0.717) is 42.1 Å². The summed E-state index contributed by atoms with van der Waals surface area (Å²) in [6.45, 7) is 0.982. The fraction of sp³-hybridized carbons (Fsp3) is 0.240. The first-order valence-corrected chi connectivity index (χ1v) is 10.6. The van der Waals surface area contributed by atoms with Gasteiger partial charge in [0.1, 0.15) is 17.3 Å². The van der Waals surface area contributed by atoms with Crippen LogP contribution in [0.3, 0.4) is 0 Å². The predicted octanol–water partition coefficient (Wildman–Crippen LogP) is 3.41. The Hall–Kier alpha value is -4.07. The third kappa shape index (κ3) is 4.45. The maximum absolute atomic E-state index is 13.1. The van der Waals surface area contributed by atoms with Gasteiger partial charge in [-0.05, 0) is 48.4 Å². The van der Waals surface area contributed by atoms with Gasteiger partial charge in [-0.1, -0.05) is 12.1 Å². The summed E-state index contributed by atoms with van der Waals surface area (Å²) in [7, 11) is 3.10. The van der Waals surface area contributed by atoms with Gasteiger partial charge in [-0.15, -0.1) is 0 Å². The van der Waals surface area contributed by atoms with Crippen LogP contribution >= 0.6 is 0 Å². The monoisotopic (exact) mass is 447 g/mol. The minimum Gasteiger partial charge on any atom is -0.507 e. The molecule has 170 valence electrons. The number of aromatic nitrogens is 2. The van der Waals surface area contributed by atoms with Gasteiger partial charge in [0.15, 0.2) is 0 Å². The van der Waals surface area contributed by atoms with Crippen molar-refractivity contribution in [2.24, 2.45) is 0 Å². The number of aliphatic hydroxyl groups excluding tert-OH is 1. The van der Waals surface area contributed by atoms with E-state index >= 15 is 0 Å². The van der Waals surface area contributed by atoms with Crippen LogP contribution in [0.25, 0.3) is 5.76 Å². The molecule has 1 N–H and O–H groups in total. The first kappa shape index (κ1) is 22.1. The summed E-state index contributed by atoms with van der Waals surface area (Å²) in [6.07, 6.45) is 5.86. The number of amides is 1. The quantitative estimate of drug-likeness (QED) is 0.323. The lowest BCUT2D eigenvalue weighted by Gasteiger charge is -2.25. The van der Waals surface area contributed by atoms with Gasteiger partial charge < -0.3 is 24.0 Å². The molecule has 0 spiro atoms. The van der Waals surface area contributed by atoms with Crippen LogP contribution in [0.4, 0.5) is 0 Å². The molecule has 1 aliphatic rings. The lowest BCUT2D eigenvalue weighted by molar-refractivity contribution is -0.139. The van der Waals surface area contributed by atoms with Crippen molar-refractivity contribution in [3.05, 3.63) is 84.0 Å². The second kappa shape index (κ2) is 9.60. The van der Waals surface area contributed by atoms with Gasteiger partial charge in [-0.25, -0.2) is 4.98 Å². The van der Waals surface area contributed by atoms with Crippen molar-refractivity contribution in [3.63, 3.8) is 0 Å². The van der Waals surface area contributed by atoms with Crippen LogP contribution in [0.1, 0.15) is 23.6 Å². The number of aryl methyl sites for hydroxylation is 1. The average molecular weight is 447 g/mol. The third-order valence-electron chi connectivity index (χ3n) is 5.69. The van der Waals surface area contributed by atoms with Gasteiger partial charge in [0.25, 0.3) is 11.7 Å². The number of aliphatic hydroxyl groups is 1. The number of likely N-dealkylation sites (tertiary alicyclic amines) is 1. The van der Waals surface area contributed by atoms with Crippen molar-refractivity contribution in [2.75, 3.05) is 20.8 Å². The van der Waals surface area contributed by atoms with E-state index in [-0.39, 0.29) is 11.3 Å². The number of nitrogens with zero attached hydrogens (tertiary/aromatic N) is 3. The number of hydrogen-bond donors (Lipinski definition) is 1. The van der Waals surface area contributed by atoms with Crippen LogP contribution in [0.5, 0.6) is 11.5 Å². The number of methoxy groups -OCH3 is 2. The molecule has 1 aliphatic heterocycles. The molecule has 1 aromatic heterocycles. The molecule has 2 aromatic carbocycles. The zero-order chi connectivity index (χ0) is 23.4. The molecule has 33 heavy (non-hydrogen) atoms. The van der Waals surface area contributed by atoms with E-state index in [0.717, 1.165) is 0 Å².